The Morgan fingerprint density at radius 3 is 2.50 bits per heavy atom. The summed E-state index contributed by atoms with van der Waals surface area (Å²) < 4.78 is 51.5. The minimum absolute atomic E-state index is 0.0584. The smallest absolute Gasteiger partial charge is 0.298 e. The van der Waals surface area contributed by atoms with Crippen LogP contribution in [0.15, 0.2) is 23.8 Å². The van der Waals surface area contributed by atoms with Gasteiger partial charge in [-0.15, -0.1) is 0 Å². The number of alkyl halides is 3. The molecule has 1 aromatic rings. The Kier molecular flexibility index (Phi) is 5.02. The molecule has 0 saturated carbocycles. The number of hydrogen-bond donors (Lipinski definition) is 1. The van der Waals surface area contributed by atoms with Gasteiger partial charge in [-0.3, -0.25) is 19.8 Å². The Labute approximate surface area is 140 Å². The van der Waals surface area contributed by atoms with Crippen LogP contribution < -0.4 is 5.32 Å². The lowest BCUT2D eigenvalue weighted by Gasteiger charge is -2.28. The maximum atomic E-state index is 13.9. The van der Waals surface area contributed by atoms with Crippen molar-refractivity contribution < 1.29 is 27.2 Å². The molecule has 4 nitrogen and oxygen atoms in total. The van der Waals surface area contributed by atoms with Crippen molar-refractivity contribution >= 4 is 35.2 Å². The van der Waals surface area contributed by atoms with Gasteiger partial charge in [0.15, 0.2) is 5.11 Å². The molecule has 9 heteroatoms. The van der Waals surface area contributed by atoms with Crippen LogP contribution in [0.25, 0.3) is 6.08 Å². The predicted molar refractivity (Wildman–Crippen MR) is 82.1 cm³/mol. The Morgan fingerprint density at radius 1 is 1.29 bits per heavy atom. The predicted octanol–water partition coefficient (Wildman–Crippen LogP) is 2.88. The van der Waals surface area contributed by atoms with Crippen molar-refractivity contribution in [2.45, 2.75) is 19.5 Å². The van der Waals surface area contributed by atoms with Gasteiger partial charge in [-0.25, -0.2) is 4.39 Å². The summed E-state index contributed by atoms with van der Waals surface area (Å²) in [5.74, 6) is -2.73. The fourth-order valence-electron chi connectivity index (χ4n) is 2.10. The van der Waals surface area contributed by atoms with E-state index >= 15 is 0 Å². The molecule has 1 fully saturated rings. The molecule has 24 heavy (non-hydrogen) atoms. The van der Waals surface area contributed by atoms with Crippen molar-refractivity contribution in [3.63, 3.8) is 0 Å². The normalized spacial score (nSPS) is 17.5. The van der Waals surface area contributed by atoms with E-state index in [2.05, 4.69) is 5.32 Å². The number of benzene rings is 1. The number of nitrogens with one attached hydrogen (secondary N) is 1. The van der Waals surface area contributed by atoms with E-state index in [0.717, 1.165) is 17.0 Å². The topological polar surface area (TPSA) is 49.4 Å². The maximum Gasteiger partial charge on any atom is 0.416 e. The summed E-state index contributed by atoms with van der Waals surface area (Å²) in [6.45, 7) is 2.05. The highest BCUT2D eigenvalue weighted by Crippen LogP contribution is 2.30. The quantitative estimate of drug-likeness (QED) is 0.390. The maximum absolute atomic E-state index is 13.9. The molecule has 0 atom stereocenters. The first kappa shape index (κ1) is 18.1. The van der Waals surface area contributed by atoms with Crippen LogP contribution in [0, 0.1) is 5.82 Å². The molecule has 0 unspecified atom stereocenters. The van der Waals surface area contributed by atoms with Crippen LogP contribution in [-0.2, 0) is 15.8 Å². The average Bonchev–Trinajstić information content (AvgIpc) is 2.48. The largest absolute Gasteiger partial charge is 0.416 e. The molecule has 0 aromatic heterocycles. The number of carbonyl (C=O) groups is 2. The van der Waals surface area contributed by atoms with Crippen molar-refractivity contribution in [1.82, 2.24) is 10.2 Å². The molecular weight excluding hydrogens is 348 g/mol. The first-order chi connectivity index (χ1) is 11.1. The van der Waals surface area contributed by atoms with Gasteiger partial charge < -0.3 is 0 Å². The van der Waals surface area contributed by atoms with Crippen molar-refractivity contribution in [2.24, 2.45) is 0 Å². The summed E-state index contributed by atoms with van der Waals surface area (Å²) in [6, 6.07) is 1.85. The third-order valence-electron chi connectivity index (χ3n) is 3.26. The van der Waals surface area contributed by atoms with Crippen molar-refractivity contribution in [3.8, 4) is 0 Å². The summed E-state index contributed by atoms with van der Waals surface area (Å²) in [5, 5.41) is 2.24. The lowest BCUT2D eigenvalue weighted by Crippen LogP contribution is -2.54. The molecule has 0 spiro atoms. The third-order valence-corrected chi connectivity index (χ3v) is 3.58. The molecule has 0 bridgehead atoms. The summed E-state index contributed by atoms with van der Waals surface area (Å²) in [5.41, 5.74) is -1.85. The zero-order valence-corrected chi connectivity index (χ0v) is 13.2. The van der Waals surface area contributed by atoms with Gasteiger partial charge in [0.25, 0.3) is 11.8 Å². The van der Waals surface area contributed by atoms with Crippen LogP contribution in [0.4, 0.5) is 17.6 Å². The summed E-state index contributed by atoms with van der Waals surface area (Å²) in [6.07, 6.45) is -3.20. The van der Waals surface area contributed by atoms with Crippen molar-refractivity contribution in [2.75, 3.05) is 6.54 Å². The van der Waals surface area contributed by atoms with Crippen LogP contribution in [0.1, 0.15) is 24.5 Å². The summed E-state index contributed by atoms with van der Waals surface area (Å²) in [4.78, 5) is 25.3. The number of hydrogen-bond acceptors (Lipinski definition) is 3. The van der Waals surface area contributed by atoms with Crippen LogP contribution in [0.2, 0.25) is 0 Å². The molecule has 1 aliphatic rings. The molecule has 1 N–H and O–H groups in total. The van der Waals surface area contributed by atoms with Crippen molar-refractivity contribution in [3.05, 3.63) is 40.7 Å². The lowest BCUT2D eigenvalue weighted by molar-refractivity contribution is -0.137. The van der Waals surface area contributed by atoms with E-state index in [4.69, 9.17) is 12.2 Å². The van der Waals surface area contributed by atoms with Gasteiger partial charge in [0.05, 0.1) is 5.56 Å². The molecule has 2 amide bonds. The SMILES string of the molecule is CCCN1C(=O)/C(=C/c2ccc(C(F)(F)F)cc2F)C(=O)NC1=S. The van der Waals surface area contributed by atoms with Gasteiger partial charge in [-0.1, -0.05) is 13.0 Å². The second-order valence-electron chi connectivity index (χ2n) is 5.01. The van der Waals surface area contributed by atoms with Gasteiger partial charge in [0.1, 0.15) is 11.4 Å². The molecule has 1 heterocycles. The summed E-state index contributed by atoms with van der Waals surface area (Å²) >= 11 is 4.89. The summed E-state index contributed by atoms with van der Waals surface area (Å²) in [7, 11) is 0. The Hall–Kier alpha value is -2.29. The molecule has 128 valence electrons. The fraction of sp³-hybridized carbons (Fsp3) is 0.267. The zero-order chi connectivity index (χ0) is 18.1. The molecule has 1 aromatic carbocycles. The van der Waals surface area contributed by atoms with Crippen molar-refractivity contribution in [1.29, 1.82) is 0 Å². The molecule has 1 aliphatic heterocycles. The molecule has 0 aliphatic carbocycles. The van der Waals surface area contributed by atoms with Crippen LogP contribution in [0.3, 0.4) is 0 Å². The standard InChI is InChI=1S/C15H12F4N2O2S/c1-2-5-21-13(23)10(12(22)20-14(21)24)6-8-3-4-9(7-11(8)16)15(17,18)19/h3-4,6-7H,2,5H2,1H3,(H,20,22,24)/b10-6+. The van der Waals surface area contributed by atoms with E-state index in [0.29, 0.717) is 18.6 Å². The van der Waals surface area contributed by atoms with E-state index in [1.54, 1.807) is 6.92 Å². The van der Waals surface area contributed by atoms with E-state index in [9.17, 15) is 27.2 Å². The van der Waals surface area contributed by atoms with E-state index < -0.39 is 34.9 Å². The Morgan fingerprint density at radius 2 is 1.96 bits per heavy atom. The van der Waals surface area contributed by atoms with Gasteiger partial charge in [0.2, 0.25) is 0 Å². The number of halogens is 4. The second-order valence-corrected chi connectivity index (χ2v) is 5.39. The van der Waals surface area contributed by atoms with Crippen LogP contribution in [0.5, 0.6) is 0 Å². The number of carbonyl (C=O) groups excluding carboxylic acids is 2. The lowest BCUT2D eigenvalue weighted by atomic mass is 10.0. The first-order valence-electron chi connectivity index (χ1n) is 6.90. The highest BCUT2D eigenvalue weighted by atomic mass is 32.1. The second kappa shape index (κ2) is 6.68. The average molecular weight is 360 g/mol. The number of thiocarbonyl (C=S) groups is 1. The van der Waals surface area contributed by atoms with Crippen LogP contribution >= 0.6 is 12.2 Å². The Balaban J connectivity index is 2.41. The van der Waals surface area contributed by atoms with Gasteiger partial charge in [-0.2, -0.15) is 13.2 Å². The third kappa shape index (κ3) is 3.61. The molecule has 0 radical (unpaired) electrons. The van der Waals surface area contributed by atoms with Gasteiger partial charge in [0, 0.05) is 12.1 Å². The van der Waals surface area contributed by atoms with Crippen LogP contribution in [-0.4, -0.2) is 28.4 Å². The zero-order valence-electron chi connectivity index (χ0n) is 12.4. The first-order valence-corrected chi connectivity index (χ1v) is 7.31. The number of rotatable bonds is 3. The monoisotopic (exact) mass is 360 g/mol. The van der Waals surface area contributed by atoms with Gasteiger partial charge >= 0.3 is 6.18 Å². The van der Waals surface area contributed by atoms with E-state index in [1.165, 1.54) is 0 Å². The minimum Gasteiger partial charge on any atom is -0.298 e. The number of nitrogens with zero attached hydrogens (tertiary/aromatic N) is 1. The fourth-order valence-corrected chi connectivity index (χ4v) is 2.36. The molecule has 2 rings (SSSR count). The van der Waals surface area contributed by atoms with E-state index in [1.807, 2.05) is 0 Å². The van der Waals surface area contributed by atoms with E-state index in [-0.39, 0.29) is 17.2 Å². The highest BCUT2D eigenvalue weighted by molar-refractivity contribution is 7.80. The highest BCUT2D eigenvalue weighted by Gasteiger charge is 2.34. The minimum atomic E-state index is -4.69. The number of amides is 2. The Bertz CT molecular complexity index is 743. The molecular formula is C15H12F4N2O2S. The van der Waals surface area contributed by atoms with Gasteiger partial charge in [-0.05, 0) is 36.8 Å². The molecule has 1 saturated heterocycles.